The number of hydrogen-bond acceptors (Lipinski definition) is 3. The first-order valence-electron chi connectivity index (χ1n) is 6.33. The number of aryl methyl sites for hydroxylation is 1. The van der Waals surface area contributed by atoms with Crippen LogP contribution >= 0.6 is 0 Å². The highest BCUT2D eigenvalue weighted by Crippen LogP contribution is 2.14. The van der Waals surface area contributed by atoms with Gasteiger partial charge in [-0.2, -0.15) is 5.10 Å². The zero-order chi connectivity index (χ0) is 14.1. The molecule has 0 saturated heterocycles. The second kappa shape index (κ2) is 4.85. The Balaban J connectivity index is 2.04. The van der Waals surface area contributed by atoms with Gasteiger partial charge in [0, 0.05) is 19.3 Å². The van der Waals surface area contributed by atoms with E-state index in [1.807, 2.05) is 37.5 Å². The van der Waals surface area contributed by atoms with Crippen LogP contribution in [0, 0.1) is 0 Å². The standard InChI is InChI=1S/C15H15N3O2/c1-17-10-14-13(16-17)7-8-15(19)18(14)9-11-3-5-12(20-2)6-4-11/h3-8,10H,9H2,1-2H3. The molecular weight excluding hydrogens is 254 g/mol. The molecule has 0 aliphatic heterocycles. The molecule has 0 radical (unpaired) electrons. The average Bonchev–Trinajstić information content (AvgIpc) is 2.84. The minimum atomic E-state index is -0.0266. The summed E-state index contributed by atoms with van der Waals surface area (Å²) in [5.74, 6) is 0.806. The highest BCUT2D eigenvalue weighted by molar-refractivity contribution is 5.73. The second-order valence-electron chi connectivity index (χ2n) is 4.68. The molecule has 0 fully saturated rings. The second-order valence-corrected chi connectivity index (χ2v) is 4.68. The van der Waals surface area contributed by atoms with Crippen molar-refractivity contribution in [1.82, 2.24) is 14.3 Å². The average molecular weight is 269 g/mol. The predicted molar refractivity (Wildman–Crippen MR) is 77.1 cm³/mol. The minimum Gasteiger partial charge on any atom is -0.497 e. The normalized spacial score (nSPS) is 10.9. The van der Waals surface area contributed by atoms with E-state index in [0.717, 1.165) is 22.3 Å². The topological polar surface area (TPSA) is 49.1 Å². The smallest absolute Gasteiger partial charge is 0.251 e. The van der Waals surface area contributed by atoms with E-state index in [0.29, 0.717) is 6.54 Å². The van der Waals surface area contributed by atoms with E-state index >= 15 is 0 Å². The number of aromatic nitrogens is 3. The molecule has 0 amide bonds. The fraction of sp³-hybridized carbons (Fsp3) is 0.200. The molecule has 2 heterocycles. The number of rotatable bonds is 3. The van der Waals surface area contributed by atoms with Gasteiger partial charge in [-0.3, -0.25) is 9.48 Å². The molecule has 0 aliphatic rings. The molecule has 2 aromatic heterocycles. The van der Waals surface area contributed by atoms with Crippen LogP contribution in [-0.2, 0) is 13.6 Å². The van der Waals surface area contributed by atoms with Crippen molar-refractivity contribution in [3.8, 4) is 5.75 Å². The van der Waals surface area contributed by atoms with Crippen molar-refractivity contribution in [3.05, 3.63) is 58.5 Å². The van der Waals surface area contributed by atoms with Crippen molar-refractivity contribution in [2.75, 3.05) is 7.11 Å². The molecule has 5 heteroatoms. The first-order valence-corrected chi connectivity index (χ1v) is 6.33. The van der Waals surface area contributed by atoms with Crippen molar-refractivity contribution >= 4 is 11.0 Å². The van der Waals surface area contributed by atoms with E-state index in [-0.39, 0.29) is 5.56 Å². The molecule has 0 aliphatic carbocycles. The molecule has 102 valence electrons. The van der Waals surface area contributed by atoms with Gasteiger partial charge in [-0.1, -0.05) is 12.1 Å². The summed E-state index contributed by atoms with van der Waals surface area (Å²) in [6, 6.07) is 11.0. The van der Waals surface area contributed by atoms with Crippen LogP contribution < -0.4 is 10.3 Å². The van der Waals surface area contributed by atoms with E-state index in [9.17, 15) is 4.79 Å². The molecule has 5 nitrogen and oxygen atoms in total. The molecule has 0 N–H and O–H groups in total. The van der Waals surface area contributed by atoms with Crippen molar-refractivity contribution in [3.63, 3.8) is 0 Å². The molecule has 0 saturated carbocycles. The maximum Gasteiger partial charge on any atom is 0.251 e. The number of ether oxygens (including phenoxy) is 1. The lowest BCUT2D eigenvalue weighted by molar-refractivity contribution is 0.414. The lowest BCUT2D eigenvalue weighted by Crippen LogP contribution is -2.19. The summed E-state index contributed by atoms with van der Waals surface area (Å²) in [5, 5.41) is 4.32. The van der Waals surface area contributed by atoms with Crippen molar-refractivity contribution < 1.29 is 4.74 Å². The summed E-state index contributed by atoms with van der Waals surface area (Å²) in [4.78, 5) is 12.1. The first-order chi connectivity index (χ1) is 9.67. The lowest BCUT2D eigenvalue weighted by atomic mass is 10.2. The van der Waals surface area contributed by atoms with E-state index in [1.165, 1.54) is 0 Å². The molecule has 1 aromatic carbocycles. The fourth-order valence-electron chi connectivity index (χ4n) is 2.26. The SMILES string of the molecule is COc1ccc(Cn2c(=O)ccc3nn(C)cc32)cc1. The Hall–Kier alpha value is -2.56. The Morgan fingerprint density at radius 2 is 1.90 bits per heavy atom. The van der Waals surface area contributed by atoms with Crippen LogP contribution in [0.3, 0.4) is 0 Å². The largest absolute Gasteiger partial charge is 0.497 e. The third-order valence-electron chi connectivity index (χ3n) is 3.28. The van der Waals surface area contributed by atoms with Gasteiger partial charge in [-0.05, 0) is 23.8 Å². The van der Waals surface area contributed by atoms with Gasteiger partial charge in [0.25, 0.3) is 5.56 Å². The van der Waals surface area contributed by atoms with Crippen molar-refractivity contribution in [2.45, 2.75) is 6.54 Å². The summed E-state index contributed by atoms with van der Waals surface area (Å²) >= 11 is 0. The van der Waals surface area contributed by atoms with Gasteiger partial charge in [-0.25, -0.2) is 0 Å². The van der Waals surface area contributed by atoms with Crippen LogP contribution in [0.25, 0.3) is 11.0 Å². The van der Waals surface area contributed by atoms with E-state index < -0.39 is 0 Å². The first kappa shape index (κ1) is 12.5. The zero-order valence-electron chi connectivity index (χ0n) is 11.4. The summed E-state index contributed by atoms with van der Waals surface area (Å²) in [6.07, 6.45) is 1.86. The molecule has 3 aromatic rings. The van der Waals surface area contributed by atoms with Crippen LogP contribution in [0.2, 0.25) is 0 Å². The number of nitrogens with zero attached hydrogens (tertiary/aromatic N) is 3. The quantitative estimate of drug-likeness (QED) is 0.728. The van der Waals surface area contributed by atoms with E-state index in [2.05, 4.69) is 5.10 Å². The van der Waals surface area contributed by atoms with Crippen molar-refractivity contribution in [2.24, 2.45) is 7.05 Å². The van der Waals surface area contributed by atoms with Gasteiger partial charge in [0.2, 0.25) is 0 Å². The Bertz CT molecular complexity index is 800. The van der Waals surface area contributed by atoms with Crippen LogP contribution in [0.15, 0.2) is 47.4 Å². The molecule has 20 heavy (non-hydrogen) atoms. The number of fused-ring (bicyclic) bond motifs is 1. The monoisotopic (exact) mass is 269 g/mol. The maximum absolute atomic E-state index is 12.1. The van der Waals surface area contributed by atoms with E-state index in [4.69, 9.17) is 4.74 Å². The zero-order valence-corrected chi connectivity index (χ0v) is 11.4. The molecule has 0 atom stereocenters. The van der Waals surface area contributed by atoms with Gasteiger partial charge in [-0.15, -0.1) is 0 Å². The van der Waals surface area contributed by atoms with Crippen LogP contribution in [-0.4, -0.2) is 21.5 Å². The third kappa shape index (κ3) is 2.18. The van der Waals surface area contributed by atoms with E-state index in [1.54, 1.807) is 28.5 Å². The van der Waals surface area contributed by atoms with Gasteiger partial charge >= 0.3 is 0 Å². The number of pyridine rings is 1. The number of hydrogen-bond donors (Lipinski definition) is 0. The van der Waals surface area contributed by atoms with Gasteiger partial charge in [0.15, 0.2) is 0 Å². The predicted octanol–water partition coefficient (Wildman–Crippen LogP) is 1.79. The molecular formula is C15H15N3O2. The summed E-state index contributed by atoms with van der Waals surface area (Å²) in [6.45, 7) is 0.520. The molecule has 0 bridgehead atoms. The van der Waals surface area contributed by atoms with Gasteiger partial charge in [0.05, 0.1) is 19.2 Å². The number of methoxy groups -OCH3 is 1. The lowest BCUT2D eigenvalue weighted by Gasteiger charge is -2.07. The highest BCUT2D eigenvalue weighted by Gasteiger charge is 2.07. The molecule has 0 unspecified atom stereocenters. The Morgan fingerprint density at radius 1 is 1.15 bits per heavy atom. The van der Waals surface area contributed by atoms with Crippen LogP contribution in [0.1, 0.15) is 5.56 Å². The Kier molecular flexibility index (Phi) is 3.02. The maximum atomic E-state index is 12.1. The Labute approximate surface area is 116 Å². The van der Waals surface area contributed by atoms with Gasteiger partial charge in [0.1, 0.15) is 11.3 Å². The number of benzene rings is 1. The third-order valence-corrected chi connectivity index (χ3v) is 3.28. The minimum absolute atomic E-state index is 0.0266. The summed E-state index contributed by atoms with van der Waals surface area (Å²) < 4.78 is 8.58. The summed E-state index contributed by atoms with van der Waals surface area (Å²) in [5.41, 5.74) is 2.68. The summed E-state index contributed by atoms with van der Waals surface area (Å²) in [7, 11) is 3.48. The Morgan fingerprint density at radius 3 is 2.60 bits per heavy atom. The molecule has 3 rings (SSSR count). The van der Waals surface area contributed by atoms with Crippen LogP contribution in [0.5, 0.6) is 5.75 Å². The highest BCUT2D eigenvalue weighted by atomic mass is 16.5. The fourth-order valence-corrected chi connectivity index (χ4v) is 2.26. The van der Waals surface area contributed by atoms with Crippen LogP contribution in [0.4, 0.5) is 0 Å². The molecule has 0 spiro atoms. The van der Waals surface area contributed by atoms with Gasteiger partial charge < -0.3 is 9.30 Å². The van der Waals surface area contributed by atoms with Crippen molar-refractivity contribution in [1.29, 1.82) is 0 Å².